The lowest BCUT2D eigenvalue weighted by Crippen LogP contribution is -2.35. The molecule has 29 heavy (non-hydrogen) atoms. The Balaban J connectivity index is 1.23. The summed E-state index contributed by atoms with van der Waals surface area (Å²) in [6.07, 6.45) is 8.18. The molecule has 4 rings (SSSR count). The highest BCUT2D eigenvalue weighted by Crippen LogP contribution is 2.28. The second kappa shape index (κ2) is 9.67. The third-order valence-electron chi connectivity index (χ3n) is 5.83. The van der Waals surface area contributed by atoms with Crippen LogP contribution in [0.15, 0.2) is 30.5 Å². The van der Waals surface area contributed by atoms with Gasteiger partial charge in [-0.2, -0.15) is 0 Å². The van der Waals surface area contributed by atoms with Crippen molar-refractivity contribution in [3.8, 4) is 0 Å². The molecular weight excluding hydrogens is 387 g/mol. The molecule has 2 aliphatic heterocycles. The van der Waals surface area contributed by atoms with Crippen LogP contribution in [0.2, 0.25) is 0 Å². The van der Waals surface area contributed by atoms with Crippen molar-refractivity contribution in [3.63, 3.8) is 0 Å². The van der Waals surface area contributed by atoms with Crippen LogP contribution in [0, 0.1) is 11.7 Å². The number of amides is 1. The van der Waals surface area contributed by atoms with Gasteiger partial charge >= 0.3 is 0 Å². The number of nitrogens with one attached hydrogen (secondary N) is 1. The molecule has 1 N–H and O–H groups in total. The molecule has 7 heteroatoms. The van der Waals surface area contributed by atoms with E-state index in [1.165, 1.54) is 23.8 Å². The number of hydrogen-bond donors (Lipinski definition) is 1. The lowest BCUT2D eigenvalue weighted by Gasteiger charge is -2.32. The summed E-state index contributed by atoms with van der Waals surface area (Å²) in [5, 5.41) is 3.85. The maximum atomic E-state index is 13.7. The molecule has 5 nitrogen and oxygen atoms in total. The van der Waals surface area contributed by atoms with Gasteiger partial charge in [-0.3, -0.25) is 9.69 Å². The molecule has 1 atom stereocenters. The van der Waals surface area contributed by atoms with Crippen LogP contribution in [0.3, 0.4) is 0 Å². The molecule has 1 aromatic carbocycles. The van der Waals surface area contributed by atoms with E-state index in [2.05, 4.69) is 20.1 Å². The van der Waals surface area contributed by atoms with Gasteiger partial charge in [-0.05, 0) is 56.7 Å². The minimum atomic E-state index is -0.387. The number of carbonyl (C=O) groups excluding carboxylic acids is 1. The summed E-state index contributed by atoms with van der Waals surface area (Å²) < 4.78 is 13.7. The summed E-state index contributed by atoms with van der Waals surface area (Å²) in [6, 6.07) is 6.31. The van der Waals surface area contributed by atoms with Gasteiger partial charge in [0.2, 0.25) is 5.91 Å². The Labute approximate surface area is 175 Å². The van der Waals surface area contributed by atoms with E-state index >= 15 is 0 Å². The van der Waals surface area contributed by atoms with Crippen molar-refractivity contribution < 1.29 is 9.18 Å². The molecule has 0 radical (unpaired) electrons. The number of rotatable bonds is 7. The van der Waals surface area contributed by atoms with E-state index in [1.54, 1.807) is 18.2 Å². The molecule has 0 aliphatic carbocycles. The minimum absolute atomic E-state index is 0.107. The first-order chi connectivity index (χ1) is 14.2. The fourth-order valence-electron chi connectivity index (χ4n) is 4.29. The van der Waals surface area contributed by atoms with Crippen LogP contribution in [0.4, 0.5) is 15.2 Å². The molecular formula is C22H29FN4OS. The van der Waals surface area contributed by atoms with Crippen molar-refractivity contribution in [3.05, 3.63) is 41.2 Å². The summed E-state index contributed by atoms with van der Waals surface area (Å²) in [5.41, 5.74) is 0.266. The van der Waals surface area contributed by atoms with E-state index in [4.69, 9.17) is 0 Å². The van der Waals surface area contributed by atoms with Gasteiger partial charge in [-0.1, -0.05) is 12.1 Å². The van der Waals surface area contributed by atoms with Gasteiger partial charge in [-0.15, -0.1) is 11.3 Å². The van der Waals surface area contributed by atoms with Crippen LogP contribution in [-0.4, -0.2) is 42.0 Å². The quantitative estimate of drug-likeness (QED) is 0.721. The number of aromatic nitrogens is 1. The SMILES string of the molecule is O=C(CCC1CCCN(Cc2cnc(N3CCCC3)s2)C1)Nc1ccccc1F. The lowest BCUT2D eigenvalue weighted by atomic mass is 9.93. The van der Waals surface area contributed by atoms with Gasteiger partial charge < -0.3 is 10.2 Å². The average molecular weight is 417 g/mol. The predicted molar refractivity (Wildman–Crippen MR) is 116 cm³/mol. The zero-order chi connectivity index (χ0) is 20.1. The van der Waals surface area contributed by atoms with Crippen molar-refractivity contribution in [1.29, 1.82) is 0 Å². The Morgan fingerprint density at radius 2 is 2.03 bits per heavy atom. The molecule has 0 bridgehead atoms. The number of nitrogens with zero attached hydrogens (tertiary/aromatic N) is 3. The minimum Gasteiger partial charge on any atom is -0.348 e. The summed E-state index contributed by atoms with van der Waals surface area (Å²) in [5.74, 6) is 0.0218. The summed E-state index contributed by atoms with van der Waals surface area (Å²) in [6.45, 7) is 5.34. The Kier molecular flexibility index (Phi) is 6.77. The van der Waals surface area contributed by atoms with E-state index in [9.17, 15) is 9.18 Å². The van der Waals surface area contributed by atoms with Gasteiger partial charge in [0.05, 0.1) is 5.69 Å². The number of hydrogen-bond acceptors (Lipinski definition) is 5. The summed E-state index contributed by atoms with van der Waals surface area (Å²) in [4.78, 5) is 23.0. The Morgan fingerprint density at radius 3 is 2.86 bits per heavy atom. The fraction of sp³-hybridized carbons (Fsp3) is 0.545. The third-order valence-corrected chi connectivity index (χ3v) is 6.87. The number of piperidine rings is 1. The molecule has 1 unspecified atom stereocenters. The summed E-state index contributed by atoms with van der Waals surface area (Å²) in [7, 11) is 0. The Hall–Kier alpha value is -1.99. The van der Waals surface area contributed by atoms with Gasteiger partial charge in [0.1, 0.15) is 5.82 Å². The van der Waals surface area contributed by atoms with E-state index in [-0.39, 0.29) is 17.4 Å². The monoisotopic (exact) mass is 416 g/mol. The number of benzene rings is 1. The standard InChI is InChI=1S/C22H29FN4OS/c23-19-7-1-2-8-20(19)25-21(28)10-9-17-6-5-11-26(15-17)16-18-14-24-22(29-18)27-12-3-4-13-27/h1-2,7-8,14,17H,3-6,9-13,15-16H2,(H,25,28). The maximum Gasteiger partial charge on any atom is 0.224 e. The van der Waals surface area contributed by atoms with Crippen LogP contribution in [0.25, 0.3) is 0 Å². The molecule has 1 amide bonds. The molecule has 2 aromatic rings. The second-order valence-corrected chi connectivity index (χ2v) is 9.21. The van der Waals surface area contributed by atoms with Crippen LogP contribution < -0.4 is 10.2 Å². The normalized spacial score (nSPS) is 20.2. The van der Waals surface area contributed by atoms with Gasteiger partial charge in [0.25, 0.3) is 0 Å². The van der Waals surface area contributed by atoms with Crippen molar-refractivity contribution in [1.82, 2.24) is 9.88 Å². The van der Waals surface area contributed by atoms with E-state index in [1.807, 2.05) is 17.5 Å². The topological polar surface area (TPSA) is 48.5 Å². The highest BCUT2D eigenvalue weighted by molar-refractivity contribution is 7.15. The number of likely N-dealkylation sites (tertiary alicyclic amines) is 1. The maximum absolute atomic E-state index is 13.7. The molecule has 1 aromatic heterocycles. The number of carbonyl (C=O) groups is 1. The molecule has 2 aliphatic rings. The zero-order valence-electron chi connectivity index (χ0n) is 16.8. The largest absolute Gasteiger partial charge is 0.348 e. The fourth-order valence-corrected chi connectivity index (χ4v) is 5.29. The molecule has 0 spiro atoms. The van der Waals surface area contributed by atoms with Gasteiger partial charge in [0, 0.05) is 43.7 Å². The van der Waals surface area contributed by atoms with Crippen LogP contribution in [0.5, 0.6) is 0 Å². The molecule has 3 heterocycles. The van der Waals surface area contributed by atoms with Crippen LogP contribution in [-0.2, 0) is 11.3 Å². The van der Waals surface area contributed by atoms with Crippen molar-refractivity contribution in [2.45, 2.75) is 45.1 Å². The molecule has 2 fully saturated rings. The van der Waals surface area contributed by atoms with E-state index in [0.29, 0.717) is 12.3 Å². The second-order valence-electron chi connectivity index (χ2n) is 8.11. The smallest absolute Gasteiger partial charge is 0.224 e. The first-order valence-corrected chi connectivity index (χ1v) is 11.5. The number of para-hydroxylation sites is 1. The van der Waals surface area contributed by atoms with Crippen molar-refractivity contribution >= 4 is 28.1 Å². The average Bonchev–Trinajstić information content (AvgIpc) is 3.40. The Bertz CT molecular complexity index is 821. The lowest BCUT2D eigenvalue weighted by molar-refractivity contribution is -0.116. The molecule has 156 valence electrons. The number of anilines is 2. The predicted octanol–water partition coefficient (Wildman–Crippen LogP) is 4.51. The first-order valence-electron chi connectivity index (χ1n) is 10.6. The zero-order valence-corrected chi connectivity index (χ0v) is 17.6. The van der Waals surface area contributed by atoms with Crippen molar-refractivity contribution in [2.24, 2.45) is 5.92 Å². The third kappa shape index (κ3) is 5.54. The van der Waals surface area contributed by atoms with Gasteiger partial charge in [-0.25, -0.2) is 9.37 Å². The van der Waals surface area contributed by atoms with E-state index in [0.717, 1.165) is 57.1 Å². The first kappa shape index (κ1) is 20.3. The van der Waals surface area contributed by atoms with E-state index < -0.39 is 0 Å². The van der Waals surface area contributed by atoms with Crippen LogP contribution in [0.1, 0.15) is 43.4 Å². The molecule has 2 saturated heterocycles. The Morgan fingerprint density at radius 1 is 1.21 bits per heavy atom. The van der Waals surface area contributed by atoms with Crippen LogP contribution >= 0.6 is 11.3 Å². The highest BCUT2D eigenvalue weighted by atomic mass is 32.1. The number of halogens is 1. The van der Waals surface area contributed by atoms with Crippen molar-refractivity contribution in [2.75, 3.05) is 36.4 Å². The summed E-state index contributed by atoms with van der Waals surface area (Å²) >= 11 is 1.82. The molecule has 0 saturated carbocycles. The number of thiazole rings is 1. The van der Waals surface area contributed by atoms with Gasteiger partial charge in [0.15, 0.2) is 5.13 Å². The highest BCUT2D eigenvalue weighted by Gasteiger charge is 2.22.